The lowest BCUT2D eigenvalue weighted by molar-refractivity contribution is -0.365. The van der Waals surface area contributed by atoms with Crippen molar-refractivity contribution in [1.82, 2.24) is 15.3 Å². The van der Waals surface area contributed by atoms with Gasteiger partial charge in [-0.2, -0.15) is 0 Å². The van der Waals surface area contributed by atoms with E-state index in [4.69, 9.17) is 10.7 Å². The average molecular weight is 339 g/mol. The van der Waals surface area contributed by atoms with E-state index >= 15 is 0 Å². The molecule has 1 spiro atoms. The van der Waals surface area contributed by atoms with Gasteiger partial charge in [-0.15, -0.1) is 0 Å². The molecule has 1 amide bonds. The number of anilines is 3. The number of carbonyl (C=O) groups excluding carboxylic acids is 1. The van der Waals surface area contributed by atoms with Crippen LogP contribution in [-0.2, 0) is 5.54 Å². The molecule has 2 aromatic rings. The Hall–Kier alpha value is -2.70. The summed E-state index contributed by atoms with van der Waals surface area (Å²) in [5, 5.41) is 6.51. The number of nitrogens with two attached hydrogens (primary N) is 1. The van der Waals surface area contributed by atoms with Crippen LogP contribution in [0.4, 0.5) is 17.5 Å². The van der Waals surface area contributed by atoms with Gasteiger partial charge in [0, 0.05) is 6.07 Å². The Bertz CT molecular complexity index is 857. The Kier molecular flexibility index (Phi) is 3.59. The normalized spacial score (nSPS) is 18.1. The third-order valence-electron chi connectivity index (χ3n) is 5.38. The van der Waals surface area contributed by atoms with Crippen molar-refractivity contribution >= 4 is 23.4 Å². The van der Waals surface area contributed by atoms with E-state index in [1.165, 1.54) is 6.42 Å². The quantitative estimate of drug-likeness (QED) is 0.777. The molecule has 7 nitrogen and oxygen atoms in total. The highest BCUT2D eigenvalue weighted by atomic mass is 16.2. The minimum absolute atomic E-state index is 0.00403. The van der Waals surface area contributed by atoms with Crippen LogP contribution in [0.5, 0.6) is 0 Å². The third kappa shape index (κ3) is 2.50. The van der Waals surface area contributed by atoms with Crippen molar-refractivity contribution < 1.29 is 9.78 Å². The predicted octanol–water partition coefficient (Wildman–Crippen LogP) is 2.14. The van der Waals surface area contributed by atoms with Crippen molar-refractivity contribution in [2.45, 2.75) is 51.5 Å². The monoisotopic (exact) mass is 339 g/mol. The molecule has 1 aliphatic heterocycles. The summed E-state index contributed by atoms with van der Waals surface area (Å²) in [5.41, 5.74) is 8.98. The molecule has 7 heteroatoms. The molecule has 25 heavy (non-hydrogen) atoms. The lowest BCUT2D eigenvalue weighted by Gasteiger charge is -2.33. The first-order valence-electron chi connectivity index (χ1n) is 8.74. The lowest BCUT2D eigenvalue weighted by atomic mass is 9.79. The molecule has 1 saturated carbocycles. The summed E-state index contributed by atoms with van der Waals surface area (Å²) in [6.07, 6.45) is 6.91. The number of hydrogen-bond acceptors (Lipinski definition) is 5. The van der Waals surface area contributed by atoms with Crippen LogP contribution in [0.15, 0.2) is 12.4 Å². The molecule has 1 fully saturated rings. The van der Waals surface area contributed by atoms with Crippen LogP contribution in [0.1, 0.15) is 59.3 Å². The van der Waals surface area contributed by atoms with Crippen LogP contribution < -0.4 is 21.4 Å². The summed E-state index contributed by atoms with van der Waals surface area (Å²) in [7, 11) is 0. The number of fused-ring (bicyclic) bond motifs is 2. The lowest BCUT2D eigenvalue weighted by Crippen LogP contribution is -2.41. The number of nitrogens with zero attached hydrogens (tertiary/aromatic N) is 2. The fourth-order valence-electron chi connectivity index (χ4n) is 3.98. The molecule has 2 aliphatic rings. The molecule has 3 heterocycles. The maximum absolute atomic E-state index is 12.5. The van der Waals surface area contributed by atoms with Gasteiger partial charge in [-0.05, 0) is 32.3 Å². The van der Waals surface area contributed by atoms with Crippen LogP contribution >= 0.6 is 0 Å². The molecular formula is C18H23N6O+. The summed E-state index contributed by atoms with van der Waals surface area (Å²) in [5.74, 6) is 1.95. The van der Waals surface area contributed by atoms with Crippen LogP contribution in [0.3, 0.4) is 0 Å². The molecule has 0 bridgehead atoms. The maximum Gasteiger partial charge on any atom is 0.254 e. The summed E-state index contributed by atoms with van der Waals surface area (Å²) < 4.78 is 0. The van der Waals surface area contributed by atoms with Crippen LogP contribution in [0.25, 0.3) is 0 Å². The first-order chi connectivity index (χ1) is 12.0. The number of nitrogen functional groups attached to an aromatic ring is 1. The van der Waals surface area contributed by atoms with Gasteiger partial charge in [0.2, 0.25) is 18.0 Å². The zero-order valence-electron chi connectivity index (χ0n) is 14.6. The van der Waals surface area contributed by atoms with Crippen LogP contribution in [0, 0.1) is 13.8 Å². The van der Waals surface area contributed by atoms with Crippen molar-refractivity contribution in [3.63, 3.8) is 0 Å². The summed E-state index contributed by atoms with van der Waals surface area (Å²) >= 11 is 0. The number of aryl methyl sites for hydroxylation is 1. The smallest absolute Gasteiger partial charge is 0.254 e. The standard InChI is InChI=1S/C18H22N6O/c1-10-8-12(23-16-11(2)15(19)20-9-21-16)22-14-13(10)17(25)24-18(14)6-4-3-5-7-18/h8-9H,3-7H2,1-2H3,(H,24,25)(H3,19,20,21,22,23)/p+1. The van der Waals surface area contributed by atoms with E-state index in [9.17, 15) is 4.79 Å². The number of rotatable bonds is 2. The Labute approximate surface area is 146 Å². The largest absolute Gasteiger partial charge is 0.370 e. The zero-order chi connectivity index (χ0) is 17.6. The van der Waals surface area contributed by atoms with E-state index in [0.717, 1.165) is 53.9 Å². The van der Waals surface area contributed by atoms with Crippen molar-refractivity contribution in [3.8, 4) is 0 Å². The minimum Gasteiger partial charge on any atom is -0.370 e. The molecule has 2 aromatic heterocycles. The van der Waals surface area contributed by atoms with E-state index in [1.54, 1.807) is 6.33 Å². The molecule has 130 valence electrons. The Morgan fingerprint density at radius 3 is 2.80 bits per heavy atom. The molecule has 0 saturated heterocycles. The van der Waals surface area contributed by atoms with E-state index in [2.05, 4.69) is 20.6 Å². The fourth-order valence-corrected chi connectivity index (χ4v) is 3.98. The second-order valence-electron chi connectivity index (χ2n) is 7.06. The van der Waals surface area contributed by atoms with Gasteiger partial charge in [0.25, 0.3) is 5.91 Å². The summed E-state index contributed by atoms with van der Waals surface area (Å²) in [6.45, 7) is 3.86. The molecule has 1 aliphatic carbocycles. The number of nitrogens with one attached hydrogen (secondary N) is 3. The highest BCUT2D eigenvalue weighted by molar-refractivity contribution is 6.01. The predicted molar refractivity (Wildman–Crippen MR) is 94.4 cm³/mol. The minimum atomic E-state index is -0.302. The van der Waals surface area contributed by atoms with Gasteiger partial charge >= 0.3 is 0 Å². The third-order valence-corrected chi connectivity index (χ3v) is 5.38. The summed E-state index contributed by atoms with van der Waals surface area (Å²) in [4.78, 5) is 24.5. The van der Waals surface area contributed by atoms with E-state index in [1.807, 2.05) is 19.9 Å². The first kappa shape index (κ1) is 15.8. The molecule has 0 aromatic carbocycles. The summed E-state index contributed by atoms with van der Waals surface area (Å²) in [6, 6.07) is 1.91. The second kappa shape index (κ2) is 5.68. The van der Waals surface area contributed by atoms with Crippen molar-refractivity contribution in [1.29, 1.82) is 0 Å². The van der Waals surface area contributed by atoms with Crippen molar-refractivity contribution in [2.24, 2.45) is 0 Å². The fraction of sp³-hybridized carbons (Fsp3) is 0.444. The number of amides is 1. The van der Waals surface area contributed by atoms with E-state index in [0.29, 0.717) is 11.6 Å². The van der Waals surface area contributed by atoms with Gasteiger partial charge in [0.05, 0.1) is 22.4 Å². The number of carbonyl (C=O) groups is 1. The van der Waals surface area contributed by atoms with E-state index in [-0.39, 0.29) is 11.4 Å². The molecule has 4 rings (SSSR count). The van der Waals surface area contributed by atoms with Gasteiger partial charge in [0.1, 0.15) is 0 Å². The topological polar surface area (TPSA) is 107 Å². The zero-order valence-corrected chi connectivity index (χ0v) is 14.6. The molecule has 0 radical (unpaired) electrons. The van der Waals surface area contributed by atoms with Gasteiger partial charge in [-0.25, -0.2) is 9.97 Å². The molecular weight excluding hydrogens is 316 g/mol. The van der Waals surface area contributed by atoms with E-state index < -0.39 is 0 Å². The molecule has 0 atom stereocenters. The Morgan fingerprint density at radius 1 is 1.28 bits per heavy atom. The van der Waals surface area contributed by atoms with Gasteiger partial charge in [-0.1, -0.05) is 24.2 Å². The van der Waals surface area contributed by atoms with Crippen LogP contribution in [0.2, 0.25) is 0 Å². The number of pyridine rings is 1. The first-order valence-corrected chi connectivity index (χ1v) is 8.74. The average Bonchev–Trinajstić information content (AvgIpc) is 2.85. The molecule has 5 N–H and O–H groups in total. The maximum atomic E-state index is 12.5. The number of aromatic nitrogens is 3. The second-order valence-corrected chi connectivity index (χ2v) is 7.06. The van der Waals surface area contributed by atoms with Crippen molar-refractivity contribution in [2.75, 3.05) is 11.1 Å². The SMILES string of the molecule is Cc1cc(Nc2[nH+]cnc(N)c2C)nc2c1C(=O)NC21CCCCC1. The molecule has 0 unspecified atom stereocenters. The van der Waals surface area contributed by atoms with Crippen molar-refractivity contribution in [3.05, 3.63) is 34.8 Å². The van der Waals surface area contributed by atoms with Gasteiger partial charge in [0.15, 0.2) is 5.82 Å². The highest BCUT2D eigenvalue weighted by Gasteiger charge is 2.46. The van der Waals surface area contributed by atoms with Gasteiger partial charge < -0.3 is 11.1 Å². The number of aromatic amines is 1. The number of hydrogen-bond donors (Lipinski definition) is 3. The number of H-pyrrole nitrogens is 1. The highest BCUT2D eigenvalue weighted by Crippen LogP contribution is 2.43. The Morgan fingerprint density at radius 2 is 2.04 bits per heavy atom. The van der Waals surface area contributed by atoms with Crippen LogP contribution in [-0.4, -0.2) is 15.9 Å². The Balaban J connectivity index is 1.77. The van der Waals surface area contributed by atoms with Gasteiger partial charge in [-0.3, -0.25) is 10.1 Å².